The Kier molecular flexibility index (Phi) is 3.66. The van der Waals surface area contributed by atoms with E-state index in [-0.39, 0.29) is 18.1 Å². The maximum Gasteiger partial charge on any atom is 0.274 e. The predicted molar refractivity (Wildman–Crippen MR) is 83.3 cm³/mol. The Morgan fingerprint density at radius 2 is 2.00 bits per heavy atom. The number of fused-ring (bicyclic) bond motifs is 1. The van der Waals surface area contributed by atoms with Crippen LogP contribution in [0, 0.1) is 0 Å². The fourth-order valence-corrected chi connectivity index (χ4v) is 3.78. The first-order chi connectivity index (χ1) is 11.0. The Morgan fingerprint density at radius 3 is 2.65 bits per heavy atom. The number of hydrogen-bond donors (Lipinski definition) is 1. The summed E-state index contributed by atoms with van der Waals surface area (Å²) < 4.78 is 12.8. The van der Waals surface area contributed by atoms with Gasteiger partial charge in [-0.25, -0.2) is 0 Å². The van der Waals surface area contributed by atoms with Gasteiger partial charge in [-0.15, -0.1) is 0 Å². The zero-order valence-corrected chi connectivity index (χ0v) is 13.9. The lowest BCUT2D eigenvalue weighted by atomic mass is 9.98. The Morgan fingerprint density at radius 1 is 1.26 bits per heavy atom. The Bertz CT molecular complexity index is 619. The van der Waals surface area contributed by atoms with Crippen LogP contribution in [0.2, 0.25) is 0 Å². The molecule has 0 saturated carbocycles. The molecule has 126 valence electrons. The van der Waals surface area contributed by atoms with Crippen LogP contribution in [0.3, 0.4) is 0 Å². The zero-order chi connectivity index (χ0) is 16.1. The minimum absolute atomic E-state index is 0.0165. The molecule has 0 aliphatic carbocycles. The highest BCUT2D eigenvalue weighted by atomic mass is 16.5. The molecule has 2 atom stereocenters. The molecule has 23 heavy (non-hydrogen) atoms. The number of aryl methyl sites for hydroxylation is 1. The summed E-state index contributed by atoms with van der Waals surface area (Å²) in [5.41, 5.74) is 2.70. The minimum Gasteiger partial charge on any atom is -0.378 e. The van der Waals surface area contributed by atoms with E-state index in [0.29, 0.717) is 17.8 Å². The van der Waals surface area contributed by atoms with E-state index < -0.39 is 0 Å². The average molecular weight is 320 g/mol. The number of nitrogens with zero attached hydrogens (tertiary/aromatic N) is 3. The van der Waals surface area contributed by atoms with Crippen molar-refractivity contribution in [3.8, 4) is 0 Å². The number of nitrogens with one attached hydrogen (secondary N) is 1. The van der Waals surface area contributed by atoms with Crippen molar-refractivity contribution in [2.24, 2.45) is 7.05 Å². The van der Waals surface area contributed by atoms with Gasteiger partial charge in [-0.3, -0.25) is 9.48 Å². The SMILES string of the molecule is C[C@@H]1Cc2c(C(=O)N3CC(NC4COC4)C3)nn(C)c2[C@H](C)O1. The molecule has 0 aromatic carbocycles. The van der Waals surface area contributed by atoms with E-state index in [1.54, 1.807) is 4.68 Å². The van der Waals surface area contributed by atoms with Crippen LogP contribution < -0.4 is 5.32 Å². The van der Waals surface area contributed by atoms with Crippen LogP contribution in [0.4, 0.5) is 0 Å². The molecular weight excluding hydrogens is 296 g/mol. The predicted octanol–water partition coefficient (Wildman–Crippen LogP) is 0.255. The maximum atomic E-state index is 12.8. The molecule has 0 radical (unpaired) electrons. The summed E-state index contributed by atoms with van der Waals surface area (Å²) in [4.78, 5) is 14.7. The second-order valence-electron chi connectivity index (χ2n) is 6.94. The van der Waals surface area contributed by atoms with Gasteiger partial charge in [-0.2, -0.15) is 5.10 Å². The van der Waals surface area contributed by atoms with Gasteiger partial charge in [0.25, 0.3) is 5.91 Å². The van der Waals surface area contributed by atoms with Gasteiger partial charge < -0.3 is 19.7 Å². The third-order valence-electron chi connectivity index (χ3n) is 4.99. The number of amides is 1. The van der Waals surface area contributed by atoms with Gasteiger partial charge in [-0.1, -0.05) is 0 Å². The second-order valence-corrected chi connectivity index (χ2v) is 6.94. The standard InChI is InChI=1S/C16H24N4O3/c1-9-4-13-14(18-19(3)15(13)10(2)23-9)16(21)20-5-11(6-20)17-12-7-22-8-12/h9-12,17H,4-8H2,1-3H3/t9-,10+/m1/s1. The molecule has 1 amide bonds. The van der Waals surface area contributed by atoms with Gasteiger partial charge in [0.2, 0.25) is 0 Å². The molecule has 0 bridgehead atoms. The van der Waals surface area contributed by atoms with E-state index in [9.17, 15) is 4.79 Å². The third-order valence-corrected chi connectivity index (χ3v) is 4.99. The maximum absolute atomic E-state index is 12.8. The highest BCUT2D eigenvalue weighted by molar-refractivity contribution is 5.94. The van der Waals surface area contributed by atoms with Crippen molar-refractivity contribution in [2.45, 2.75) is 44.6 Å². The fraction of sp³-hybridized carbons (Fsp3) is 0.750. The summed E-state index contributed by atoms with van der Waals surface area (Å²) in [5.74, 6) is 0.0473. The summed E-state index contributed by atoms with van der Waals surface area (Å²) in [6, 6.07) is 0.840. The number of carbonyl (C=O) groups is 1. The number of ether oxygens (including phenoxy) is 2. The van der Waals surface area contributed by atoms with Crippen molar-refractivity contribution in [3.05, 3.63) is 17.0 Å². The van der Waals surface area contributed by atoms with Gasteiger partial charge in [0.1, 0.15) is 0 Å². The van der Waals surface area contributed by atoms with Crippen LogP contribution >= 0.6 is 0 Å². The highest BCUT2D eigenvalue weighted by Crippen LogP contribution is 2.32. The van der Waals surface area contributed by atoms with Gasteiger partial charge in [0, 0.05) is 38.2 Å². The molecule has 4 heterocycles. The Balaban J connectivity index is 1.46. The van der Waals surface area contributed by atoms with E-state index in [1.165, 1.54) is 0 Å². The summed E-state index contributed by atoms with van der Waals surface area (Å²) >= 11 is 0. The first-order valence-corrected chi connectivity index (χ1v) is 8.37. The number of hydrogen-bond acceptors (Lipinski definition) is 5. The molecule has 1 N–H and O–H groups in total. The van der Waals surface area contributed by atoms with Gasteiger partial charge in [0.15, 0.2) is 5.69 Å². The summed E-state index contributed by atoms with van der Waals surface area (Å²) in [7, 11) is 1.89. The topological polar surface area (TPSA) is 68.6 Å². The number of carbonyl (C=O) groups excluding carboxylic acids is 1. The summed E-state index contributed by atoms with van der Waals surface area (Å²) in [6.45, 7) is 7.15. The lowest BCUT2D eigenvalue weighted by molar-refractivity contribution is -0.0211. The number of rotatable bonds is 3. The normalized spacial score (nSPS) is 28.2. The molecule has 2 saturated heterocycles. The molecule has 3 aliphatic rings. The van der Waals surface area contributed by atoms with Crippen molar-refractivity contribution in [2.75, 3.05) is 26.3 Å². The van der Waals surface area contributed by atoms with Gasteiger partial charge >= 0.3 is 0 Å². The van der Waals surface area contributed by atoms with Crippen molar-refractivity contribution < 1.29 is 14.3 Å². The van der Waals surface area contributed by atoms with Crippen LogP contribution in [0.25, 0.3) is 0 Å². The molecule has 3 aliphatic heterocycles. The number of aromatic nitrogens is 2. The van der Waals surface area contributed by atoms with Crippen LogP contribution in [0.5, 0.6) is 0 Å². The van der Waals surface area contributed by atoms with E-state index in [1.807, 2.05) is 25.8 Å². The highest BCUT2D eigenvalue weighted by Gasteiger charge is 2.38. The van der Waals surface area contributed by atoms with Crippen molar-refractivity contribution in [3.63, 3.8) is 0 Å². The van der Waals surface area contributed by atoms with E-state index in [0.717, 1.165) is 44.0 Å². The van der Waals surface area contributed by atoms with Crippen LogP contribution in [-0.4, -0.2) is 65.1 Å². The Hall–Kier alpha value is -1.44. The molecule has 4 rings (SSSR count). The zero-order valence-electron chi connectivity index (χ0n) is 13.9. The van der Waals surface area contributed by atoms with Crippen LogP contribution in [0.1, 0.15) is 41.7 Å². The van der Waals surface area contributed by atoms with E-state index in [2.05, 4.69) is 10.4 Å². The number of likely N-dealkylation sites (tertiary alicyclic amines) is 1. The fourth-order valence-electron chi connectivity index (χ4n) is 3.78. The minimum atomic E-state index is -0.0165. The summed E-state index contributed by atoms with van der Waals surface area (Å²) in [5, 5.41) is 8.00. The molecule has 7 heteroatoms. The monoisotopic (exact) mass is 320 g/mol. The van der Waals surface area contributed by atoms with E-state index >= 15 is 0 Å². The largest absolute Gasteiger partial charge is 0.378 e. The lowest BCUT2D eigenvalue weighted by Gasteiger charge is -2.43. The molecule has 0 spiro atoms. The molecule has 2 fully saturated rings. The van der Waals surface area contributed by atoms with Crippen molar-refractivity contribution in [1.29, 1.82) is 0 Å². The van der Waals surface area contributed by atoms with Crippen LogP contribution in [-0.2, 0) is 22.9 Å². The molecule has 1 aromatic rings. The Labute approximate surface area is 135 Å². The molecule has 1 aromatic heterocycles. The van der Waals surface area contributed by atoms with Gasteiger partial charge in [-0.05, 0) is 13.8 Å². The van der Waals surface area contributed by atoms with Gasteiger partial charge in [0.05, 0.1) is 37.2 Å². The molecule has 7 nitrogen and oxygen atoms in total. The molecular formula is C16H24N4O3. The van der Waals surface area contributed by atoms with E-state index in [4.69, 9.17) is 9.47 Å². The first-order valence-electron chi connectivity index (χ1n) is 8.37. The summed E-state index contributed by atoms with van der Waals surface area (Å²) in [6.07, 6.45) is 0.860. The third kappa shape index (κ3) is 2.56. The average Bonchev–Trinajstić information content (AvgIpc) is 2.71. The quantitative estimate of drug-likeness (QED) is 0.865. The smallest absolute Gasteiger partial charge is 0.274 e. The second kappa shape index (κ2) is 5.58. The van der Waals surface area contributed by atoms with Crippen LogP contribution in [0.15, 0.2) is 0 Å². The lowest BCUT2D eigenvalue weighted by Crippen LogP contribution is -2.64. The molecule has 0 unspecified atom stereocenters. The van der Waals surface area contributed by atoms with Crippen molar-refractivity contribution >= 4 is 5.91 Å². The van der Waals surface area contributed by atoms with Crippen molar-refractivity contribution in [1.82, 2.24) is 20.0 Å². The first kappa shape index (κ1) is 15.1.